The Morgan fingerprint density at radius 3 is 2.08 bits per heavy atom. The Morgan fingerprint density at radius 2 is 1.67 bits per heavy atom. The largest absolute Gasteiger partial charge is 0.325 e. The van der Waals surface area contributed by atoms with Gasteiger partial charge < -0.3 is 5.73 Å². The molecule has 0 unspecified atom stereocenters. The number of hydrogen-bond acceptors (Lipinski definition) is 1. The van der Waals surface area contributed by atoms with Crippen molar-refractivity contribution < 1.29 is 0 Å². The van der Waals surface area contributed by atoms with Gasteiger partial charge in [-0.3, -0.25) is 0 Å². The molecule has 0 radical (unpaired) electrons. The monoisotopic (exact) mass is 167 g/mol. The Morgan fingerprint density at radius 1 is 1.08 bits per heavy atom. The molecule has 2 aliphatic rings. The van der Waals surface area contributed by atoms with E-state index in [1.807, 2.05) is 0 Å². The minimum Gasteiger partial charge on any atom is -0.325 e. The molecule has 2 fully saturated rings. The molecule has 1 heteroatoms. The van der Waals surface area contributed by atoms with Crippen molar-refractivity contribution in [2.45, 2.75) is 57.4 Å². The van der Waals surface area contributed by atoms with Gasteiger partial charge in [0.05, 0.1) is 0 Å². The highest BCUT2D eigenvalue weighted by atomic mass is 14.8. The topological polar surface area (TPSA) is 26.0 Å². The lowest BCUT2D eigenvalue weighted by molar-refractivity contribution is 0.105. The Kier molecular flexibility index (Phi) is 2.16. The normalized spacial score (nSPS) is 40.5. The summed E-state index contributed by atoms with van der Waals surface area (Å²) in [6.07, 6.45) is 9.61. The molecule has 0 aromatic rings. The van der Waals surface area contributed by atoms with Gasteiger partial charge in [-0.15, -0.1) is 0 Å². The van der Waals surface area contributed by atoms with E-state index in [-0.39, 0.29) is 5.54 Å². The van der Waals surface area contributed by atoms with Crippen LogP contribution >= 0.6 is 0 Å². The molecular formula is C11H21N. The molecule has 0 bridgehead atoms. The average molecular weight is 167 g/mol. The number of rotatable bonds is 1. The predicted molar refractivity (Wildman–Crippen MR) is 51.9 cm³/mol. The summed E-state index contributed by atoms with van der Waals surface area (Å²) in [5.41, 5.74) is 6.60. The average Bonchev–Trinajstić information content (AvgIpc) is 2.02. The molecule has 0 aromatic carbocycles. The Bertz CT molecular complexity index is 152. The zero-order valence-electron chi connectivity index (χ0n) is 8.18. The minimum absolute atomic E-state index is 0.278. The minimum atomic E-state index is 0.278. The summed E-state index contributed by atoms with van der Waals surface area (Å²) in [5, 5.41) is 0. The van der Waals surface area contributed by atoms with Crippen molar-refractivity contribution in [3.63, 3.8) is 0 Å². The van der Waals surface area contributed by atoms with Crippen LogP contribution in [0.15, 0.2) is 0 Å². The van der Waals surface area contributed by atoms with Crippen molar-refractivity contribution in [3.05, 3.63) is 0 Å². The molecule has 2 N–H and O–H groups in total. The summed E-state index contributed by atoms with van der Waals surface area (Å²) in [6.45, 7) is 2.38. The molecule has 0 spiro atoms. The standard InChI is InChI=1S/C11H21N/c1-9-3-5-10(6-4-9)11(12)7-2-8-11/h9-10H,2-8,12H2,1H3. The van der Waals surface area contributed by atoms with Gasteiger partial charge in [-0.05, 0) is 43.9 Å². The third-order valence-corrected chi connectivity index (χ3v) is 4.11. The molecular weight excluding hydrogens is 146 g/mol. The fourth-order valence-electron chi connectivity index (χ4n) is 2.83. The van der Waals surface area contributed by atoms with E-state index < -0.39 is 0 Å². The molecule has 0 amide bonds. The molecule has 2 rings (SSSR count). The Balaban J connectivity index is 1.88. The molecule has 0 saturated heterocycles. The lowest BCUT2D eigenvalue weighted by Gasteiger charge is -2.47. The summed E-state index contributed by atoms with van der Waals surface area (Å²) in [5.74, 6) is 1.83. The van der Waals surface area contributed by atoms with Crippen LogP contribution in [0.2, 0.25) is 0 Å². The fourth-order valence-corrected chi connectivity index (χ4v) is 2.83. The molecule has 70 valence electrons. The molecule has 0 atom stereocenters. The maximum atomic E-state index is 6.32. The second kappa shape index (κ2) is 3.02. The second-order valence-corrected chi connectivity index (χ2v) is 5.04. The molecule has 0 aliphatic heterocycles. The molecule has 2 aliphatic carbocycles. The third kappa shape index (κ3) is 1.39. The van der Waals surface area contributed by atoms with Crippen molar-refractivity contribution in [1.29, 1.82) is 0 Å². The first-order valence-corrected chi connectivity index (χ1v) is 5.49. The van der Waals surface area contributed by atoms with Gasteiger partial charge in [0.1, 0.15) is 0 Å². The zero-order valence-corrected chi connectivity index (χ0v) is 8.18. The third-order valence-electron chi connectivity index (χ3n) is 4.11. The van der Waals surface area contributed by atoms with Crippen LogP contribution < -0.4 is 5.73 Å². The van der Waals surface area contributed by atoms with E-state index in [1.54, 1.807) is 0 Å². The first-order chi connectivity index (χ1) is 5.71. The highest BCUT2D eigenvalue weighted by Gasteiger charge is 2.40. The van der Waals surface area contributed by atoms with E-state index in [9.17, 15) is 0 Å². The van der Waals surface area contributed by atoms with Crippen molar-refractivity contribution >= 4 is 0 Å². The van der Waals surface area contributed by atoms with Gasteiger partial charge in [-0.25, -0.2) is 0 Å². The van der Waals surface area contributed by atoms with Gasteiger partial charge in [0.2, 0.25) is 0 Å². The molecule has 2 saturated carbocycles. The quantitative estimate of drug-likeness (QED) is 0.638. The van der Waals surface area contributed by atoms with E-state index in [2.05, 4.69) is 6.92 Å². The zero-order chi connectivity index (χ0) is 8.60. The van der Waals surface area contributed by atoms with Gasteiger partial charge in [-0.2, -0.15) is 0 Å². The summed E-state index contributed by atoms with van der Waals surface area (Å²) >= 11 is 0. The maximum Gasteiger partial charge on any atom is 0.0182 e. The van der Waals surface area contributed by atoms with Crippen molar-refractivity contribution in [3.8, 4) is 0 Å². The van der Waals surface area contributed by atoms with Crippen molar-refractivity contribution in [2.24, 2.45) is 17.6 Å². The van der Waals surface area contributed by atoms with Crippen LogP contribution in [0.3, 0.4) is 0 Å². The highest BCUT2D eigenvalue weighted by Crippen LogP contribution is 2.43. The van der Waals surface area contributed by atoms with Crippen LogP contribution in [0.1, 0.15) is 51.9 Å². The van der Waals surface area contributed by atoms with Gasteiger partial charge in [0.15, 0.2) is 0 Å². The van der Waals surface area contributed by atoms with E-state index in [1.165, 1.54) is 44.9 Å². The lowest BCUT2D eigenvalue weighted by atomic mass is 9.63. The van der Waals surface area contributed by atoms with Crippen LogP contribution in [-0.2, 0) is 0 Å². The maximum absolute atomic E-state index is 6.32. The Hall–Kier alpha value is -0.0400. The number of hydrogen-bond donors (Lipinski definition) is 1. The number of nitrogens with two attached hydrogens (primary N) is 1. The lowest BCUT2D eigenvalue weighted by Crippen LogP contribution is -2.53. The van der Waals surface area contributed by atoms with Crippen molar-refractivity contribution in [1.82, 2.24) is 0 Å². The summed E-state index contributed by atoms with van der Waals surface area (Å²) < 4.78 is 0. The van der Waals surface area contributed by atoms with Gasteiger partial charge >= 0.3 is 0 Å². The van der Waals surface area contributed by atoms with Crippen LogP contribution in [0.4, 0.5) is 0 Å². The van der Waals surface area contributed by atoms with E-state index in [0.29, 0.717) is 0 Å². The summed E-state index contributed by atoms with van der Waals surface area (Å²) in [6, 6.07) is 0. The Labute approximate surface area is 75.7 Å². The van der Waals surface area contributed by atoms with Crippen LogP contribution in [0, 0.1) is 11.8 Å². The first kappa shape index (κ1) is 8.55. The first-order valence-electron chi connectivity index (χ1n) is 5.49. The predicted octanol–water partition coefficient (Wildman–Crippen LogP) is 2.69. The van der Waals surface area contributed by atoms with Gasteiger partial charge in [-0.1, -0.05) is 19.8 Å². The van der Waals surface area contributed by atoms with Crippen LogP contribution in [-0.4, -0.2) is 5.54 Å². The van der Waals surface area contributed by atoms with Gasteiger partial charge in [0, 0.05) is 5.54 Å². The smallest absolute Gasteiger partial charge is 0.0182 e. The molecule has 1 nitrogen and oxygen atoms in total. The van der Waals surface area contributed by atoms with E-state index >= 15 is 0 Å². The fraction of sp³-hybridized carbons (Fsp3) is 1.00. The highest BCUT2D eigenvalue weighted by molar-refractivity contribution is 4.99. The molecule has 0 aromatic heterocycles. The van der Waals surface area contributed by atoms with Crippen LogP contribution in [0.5, 0.6) is 0 Å². The van der Waals surface area contributed by atoms with E-state index in [4.69, 9.17) is 5.73 Å². The second-order valence-electron chi connectivity index (χ2n) is 5.04. The van der Waals surface area contributed by atoms with Crippen molar-refractivity contribution in [2.75, 3.05) is 0 Å². The molecule has 0 heterocycles. The summed E-state index contributed by atoms with van der Waals surface area (Å²) in [7, 11) is 0. The molecule has 12 heavy (non-hydrogen) atoms. The SMILES string of the molecule is CC1CCC(C2(N)CCC2)CC1. The van der Waals surface area contributed by atoms with Gasteiger partial charge in [0.25, 0.3) is 0 Å². The van der Waals surface area contributed by atoms with Crippen LogP contribution in [0.25, 0.3) is 0 Å². The summed E-state index contributed by atoms with van der Waals surface area (Å²) in [4.78, 5) is 0. The van der Waals surface area contributed by atoms with E-state index in [0.717, 1.165) is 11.8 Å².